The second-order valence-corrected chi connectivity index (χ2v) is 2.46. The lowest BCUT2D eigenvalue weighted by molar-refractivity contribution is -0.150. The Morgan fingerprint density at radius 1 is 1.42 bits per heavy atom. The molecule has 0 spiro atoms. The summed E-state index contributed by atoms with van der Waals surface area (Å²) in [5.41, 5.74) is 4.88. The molecule has 0 saturated carbocycles. The van der Waals surface area contributed by atoms with Gasteiger partial charge in [0.25, 0.3) is 0 Å². The van der Waals surface area contributed by atoms with Crippen LogP contribution >= 0.6 is 0 Å². The predicted octanol–water partition coefficient (Wildman–Crippen LogP) is -0.939. The predicted molar refractivity (Wildman–Crippen MR) is 38.4 cm³/mol. The Labute approximate surface area is 68.9 Å². The molecule has 1 heterocycles. The minimum Gasteiger partial charge on any atom is -0.350 e. The van der Waals surface area contributed by atoms with Crippen molar-refractivity contribution in [3.63, 3.8) is 0 Å². The van der Waals surface area contributed by atoms with Gasteiger partial charge in [0.2, 0.25) is 11.8 Å². The highest BCUT2D eigenvalue weighted by atomic mass is 16.2. The minimum atomic E-state index is -0.821. The van der Waals surface area contributed by atoms with Gasteiger partial charge >= 0.3 is 6.03 Å². The number of nitrogens with two attached hydrogens (primary N) is 1. The van der Waals surface area contributed by atoms with E-state index in [1.807, 2.05) is 0 Å². The summed E-state index contributed by atoms with van der Waals surface area (Å²) in [7, 11) is 1.28. The van der Waals surface area contributed by atoms with Crippen LogP contribution < -0.4 is 5.73 Å². The minimum absolute atomic E-state index is 0.149. The third-order valence-corrected chi connectivity index (χ3v) is 1.64. The Morgan fingerprint density at radius 2 is 1.83 bits per heavy atom. The van der Waals surface area contributed by atoms with E-state index in [-0.39, 0.29) is 24.7 Å². The highest BCUT2D eigenvalue weighted by Crippen LogP contribution is 2.12. The van der Waals surface area contributed by atoms with Gasteiger partial charge in [-0.25, -0.2) is 9.80 Å². The maximum absolute atomic E-state index is 11.0. The molecule has 1 aliphatic rings. The molecule has 0 unspecified atom stereocenters. The molecule has 2 N–H and O–H groups in total. The van der Waals surface area contributed by atoms with E-state index < -0.39 is 6.03 Å². The summed E-state index contributed by atoms with van der Waals surface area (Å²) in [5.74, 6) is -0.775. The first-order valence-corrected chi connectivity index (χ1v) is 3.43. The number of hydrogen-bond acceptors (Lipinski definition) is 3. The van der Waals surface area contributed by atoms with Crippen molar-refractivity contribution in [1.82, 2.24) is 10.0 Å². The van der Waals surface area contributed by atoms with Crippen molar-refractivity contribution in [3.05, 3.63) is 0 Å². The molecule has 1 saturated heterocycles. The number of imide groups is 1. The quantitative estimate of drug-likeness (QED) is 0.517. The Hall–Kier alpha value is -1.59. The zero-order valence-electron chi connectivity index (χ0n) is 6.61. The topological polar surface area (TPSA) is 83.7 Å². The molecule has 4 amide bonds. The number of rotatable bonds is 1. The molecule has 12 heavy (non-hydrogen) atoms. The molecule has 6 heteroatoms. The molecule has 6 nitrogen and oxygen atoms in total. The molecule has 0 aliphatic carbocycles. The van der Waals surface area contributed by atoms with E-state index in [9.17, 15) is 14.4 Å². The van der Waals surface area contributed by atoms with Crippen molar-refractivity contribution in [2.45, 2.75) is 12.8 Å². The molecule has 1 rings (SSSR count). The van der Waals surface area contributed by atoms with Gasteiger partial charge in [0.15, 0.2) is 0 Å². The lowest BCUT2D eigenvalue weighted by Crippen LogP contribution is -2.49. The number of urea groups is 1. The summed E-state index contributed by atoms with van der Waals surface area (Å²) in [4.78, 5) is 32.6. The summed E-state index contributed by atoms with van der Waals surface area (Å²) in [6, 6.07) is -0.821. The number of hydrazine groups is 1. The molecule has 0 aromatic heterocycles. The molecule has 1 fully saturated rings. The molecule has 0 aromatic carbocycles. The van der Waals surface area contributed by atoms with Crippen LogP contribution in [0.5, 0.6) is 0 Å². The summed E-state index contributed by atoms with van der Waals surface area (Å²) >= 11 is 0. The molecule has 0 atom stereocenters. The third kappa shape index (κ3) is 1.23. The van der Waals surface area contributed by atoms with Gasteiger partial charge in [-0.3, -0.25) is 9.59 Å². The largest absolute Gasteiger partial charge is 0.350 e. The van der Waals surface area contributed by atoms with Gasteiger partial charge in [0.1, 0.15) is 0 Å². The highest BCUT2D eigenvalue weighted by molar-refractivity contribution is 6.02. The van der Waals surface area contributed by atoms with E-state index in [0.717, 1.165) is 10.0 Å². The van der Waals surface area contributed by atoms with Crippen molar-refractivity contribution in [2.75, 3.05) is 7.05 Å². The number of hydrogen-bond donors (Lipinski definition) is 1. The van der Waals surface area contributed by atoms with Crippen LogP contribution in [-0.2, 0) is 9.59 Å². The molecule has 0 radical (unpaired) electrons. The maximum atomic E-state index is 11.0. The van der Waals surface area contributed by atoms with Crippen LogP contribution in [0.15, 0.2) is 0 Å². The Morgan fingerprint density at radius 3 is 2.17 bits per heavy atom. The molecular formula is C6H9N3O3. The van der Waals surface area contributed by atoms with Crippen molar-refractivity contribution in [3.8, 4) is 0 Å². The van der Waals surface area contributed by atoms with Crippen LogP contribution in [0.3, 0.4) is 0 Å². The number of carbonyl (C=O) groups excluding carboxylic acids is 3. The average Bonchev–Trinajstić information content (AvgIpc) is 2.30. The average molecular weight is 171 g/mol. The second-order valence-electron chi connectivity index (χ2n) is 2.46. The van der Waals surface area contributed by atoms with E-state index in [1.54, 1.807) is 0 Å². The van der Waals surface area contributed by atoms with Crippen molar-refractivity contribution < 1.29 is 14.4 Å². The Bertz CT molecular complexity index is 234. The lowest BCUT2D eigenvalue weighted by Gasteiger charge is -2.23. The fourth-order valence-corrected chi connectivity index (χ4v) is 0.998. The molecule has 0 bridgehead atoms. The van der Waals surface area contributed by atoms with E-state index in [1.165, 1.54) is 7.05 Å². The van der Waals surface area contributed by atoms with Gasteiger partial charge in [-0.1, -0.05) is 0 Å². The number of amides is 4. The fourth-order valence-electron chi connectivity index (χ4n) is 0.998. The lowest BCUT2D eigenvalue weighted by atomic mass is 10.4. The van der Waals surface area contributed by atoms with Crippen LogP contribution in [0.4, 0.5) is 4.79 Å². The Balaban J connectivity index is 2.79. The molecule has 66 valence electrons. The third-order valence-electron chi connectivity index (χ3n) is 1.64. The SMILES string of the molecule is CN(C(N)=O)N1C(=O)CCC1=O. The van der Waals surface area contributed by atoms with Crippen molar-refractivity contribution in [2.24, 2.45) is 5.73 Å². The van der Waals surface area contributed by atoms with E-state index in [0.29, 0.717) is 0 Å². The van der Waals surface area contributed by atoms with Crippen LogP contribution in [0.2, 0.25) is 0 Å². The van der Waals surface area contributed by atoms with Crippen molar-refractivity contribution >= 4 is 17.8 Å². The van der Waals surface area contributed by atoms with E-state index in [2.05, 4.69) is 0 Å². The van der Waals surface area contributed by atoms with E-state index in [4.69, 9.17) is 5.73 Å². The summed E-state index contributed by atoms with van der Waals surface area (Å²) in [6.45, 7) is 0. The molecule has 1 aliphatic heterocycles. The zero-order valence-corrected chi connectivity index (χ0v) is 6.61. The number of carbonyl (C=O) groups is 3. The highest BCUT2D eigenvalue weighted by Gasteiger charge is 2.33. The fraction of sp³-hybridized carbons (Fsp3) is 0.500. The standard InChI is InChI=1S/C6H9N3O3/c1-8(6(7)12)9-4(10)2-3-5(9)11/h2-3H2,1H3,(H2,7,12). The monoisotopic (exact) mass is 171 g/mol. The van der Waals surface area contributed by atoms with Crippen LogP contribution in [-0.4, -0.2) is 34.9 Å². The molecular weight excluding hydrogens is 162 g/mol. The second kappa shape index (κ2) is 2.80. The number of primary amides is 1. The molecule has 0 aromatic rings. The van der Waals surface area contributed by atoms with Crippen molar-refractivity contribution in [1.29, 1.82) is 0 Å². The maximum Gasteiger partial charge on any atom is 0.333 e. The first-order valence-electron chi connectivity index (χ1n) is 3.43. The van der Waals surface area contributed by atoms with Crippen LogP contribution in [0.25, 0.3) is 0 Å². The van der Waals surface area contributed by atoms with Gasteiger partial charge in [-0.15, -0.1) is 0 Å². The first kappa shape index (κ1) is 8.51. The van der Waals surface area contributed by atoms with Gasteiger partial charge < -0.3 is 5.73 Å². The van der Waals surface area contributed by atoms with Crippen LogP contribution in [0, 0.1) is 0 Å². The summed E-state index contributed by atoms with van der Waals surface area (Å²) < 4.78 is 0. The number of nitrogens with zero attached hydrogens (tertiary/aromatic N) is 2. The smallest absolute Gasteiger partial charge is 0.333 e. The van der Waals surface area contributed by atoms with Gasteiger partial charge in [-0.05, 0) is 0 Å². The normalized spacial score (nSPS) is 16.9. The zero-order chi connectivity index (χ0) is 9.30. The van der Waals surface area contributed by atoms with Gasteiger partial charge in [-0.2, -0.15) is 5.01 Å². The van der Waals surface area contributed by atoms with Gasteiger partial charge in [0, 0.05) is 19.9 Å². The van der Waals surface area contributed by atoms with E-state index >= 15 is 0 Å². The Kier molecular flexibility index (Phi) is 1.99. The van der Waals surface area contributed by atoms with Crippen LogP contribution in [0.1, 0.15) is 12.8 Å². The first-order chi connectivity index (χ1) is 5.54. The summed E-state index contributed by atoms with van der Waals surface area (Å²) in [5, 5.41) is 1.58. The van der Waals surface area contributed by atoms with Gasteiger partial charge in [0.05, 0.1) is 0 Å². The summed E-state index contributed by atoms with van der Waals surface area (Å²) in [6.07, 6.45) is 0.299.